The highest BCUT2D eigenvalue weighted by atomic mass is 19.1. The number of halogens is 1. The van der Waals surface area contributed by atoms with Crippen molar-refractivity contribution in [2.75, 3.05) is 13.7 Å². The highest BCUT2D eigenvalue weighted by molar-refractivity contribution is 6.46. The van der Waals surface area contributed by atoms with Crippen LogP contribution in [0.2, 0.25) is 0 Å². The number of benzene rings is 3. The second kappa shape index (κ2) is 10.4. The van der Waals surface area contributed by atoms with Crippen LogP contribution in [0.15, 0.2) is 66.2 Å². The van der Waals surface area contributed by atoms with Gasteiger partial charge in [-0.3, -0.25) is 9.59 Å². The molecule has 0 aliphatic carbocycles. The molecule has 0 bridgehead atoms. The molecule has 0 spiro atoms. The van der Waals surface area contributed by atoms with Gasteiger partial charge in [0.15, 0.2) is 0 Å². The molecule has 0 saturated carbocycles. The monoisotopic (exact) mass is 515 g/mol. The number of carbonyl (C=O) groups is 2. The lowest BCUT2D eigenvalue weighted by Crippen LogP contribution is -2.31. The zero-order valence-corrected chi connectivity index (χ0v) is 22.8. The van der Waals surface area contributed by atoms with Gasteiger partial charge in [0.25, 0.3) is 11.7 Å². The van der Waals surface area contributed by atoms with Crippen molar-refractivity contribution in [2.24, 2.45) is 0 Å². The largest absolute Gasteiger partial charge is 0.507 e. The summed E-state index contributed by atoms with van der Waals surface area (Å²) >= 11 is 0. The number of aryl methyl sites for hydroxylation is 2. The number of likely N-dealkylation sites (tertiary alicyclic amines) is 1. The normalized spacial score (nSPS) is 17.2. The Morgan fingerprint density at radius 3 is 2.21 bits per heavy atom. The second-order valence-corrected chi connectivity index (χ2v) is 10.9. The van der Waals surface area contributed by atoms with Crippen LogP contribution in [-0.2, 0) is 21.4 Å². The summed E-state index contributed by atoms with van der Waals surface area (Å²) in [6, 6.07) is 16.8. The SMILES string of the molecule is COc1c(C)cc(C)cc1/C(O)=C1\C(=O)C(=O)N(CCc2ccc(F)cc2)C1c1ccc(C(C)(C)C)cc1. The number of ether oxygens (including phenoxy) is 1. The highest BCUT2D eigenvalue weighted by Gasteiger charge is 2.46. The molecule has 1 fully saturated rings. The number of aliphatic hydroxyl groups excluding tert-OH is 1. The van der Waals surface area contributed by atoms with Gasteiger partial charge in [-0.05, 0) is 71.7 Å². The third kappa shape index (κ3) is 5.21. The standard InChI is InChI=1S/C32H34FNO4/c1-19-17-20(2)30(38-6)25(18-19)28(35)26-27(22-9-11-23(12-10-22)32(3,4)5)34(31(37)29(26)36)16-15-21-7-13-24(33)14-8-21/h7-14,17-18,27,35H,15-16H2,1-6H3/b28-26+. The molecule has 1 amide bonds. The molecule has 0 aromatic heterocycles. The van der Waals surface area contributed by atoms with Gasteiger partial charge in [-0.1, -0.05) is 63.2 Å². The van der Waals surface area contributed by atoms with Crippen molar-refractivity contribution in [3.63, 3.8) is 0 Å². The predicted molar refractivity (Wildman–Crippen MR) is 147 cm³/mol. The minimum atomic E-state index is -0.782. The zero-order valence-electron chi connectivity index (χ0n) is 22.8. The Morgan fingerprint density at radius 1 is 1.00 bits per heavy atom. The Bertz CT molecular complexity index is 1400. The molecule has 0 radical (unpaired) electrons. The van der Waals surface area contributed by atoms with Gasteiger partial charge in [-0.15, -0.1) is 0 Å². The van der Waals surface area contributed by atoms with E-state index >= 15 is 0 Å². The van der Waals surface area contributed by atoms with Crippen LogP contribution in [0.4, 0.5) is 4.39 Å². The van der Waals surface area contributed by atoms with Crippen molar-refractivity contribution >= 4 is 17.4 Å². The number of rotatable bonds is 6. The molecular formula is C32H34FNO4. The maximum Gasteiger partial charge on any atom is 0.295 e. The molecule has 3 aromatic rings. The molecule has 1 unspecified atom stereocenters. The summed E-state index contributed by atoms with van der Waals surface area (Å²) in [7, 11) is 1.51. The number of aliphatic hydroxyl groups is 1. The lowest BCUT2D eigenvalue weighted by atomic mass is 9.85. The average Bonchev–Trinajstić information content (AvgIpc) is 3.12. The predicted octanol–water partition coefficient (Wildman–Crippen LogP) is 6.41. The Kier molecular flexibility index (Phi) is 7.45. The molecular weight excluding hydrogens is 481 g/mol. The van der Waals surface area contributed by atoms with Crippen LogP contribution in [0.1, 0.15) is 60.2 Å². The summed E-state index contributed by atoms with van der Waals surface area (Å²) in [5, 5.41) is 11.6. The van der Waals surface area contributed by atoms with Gasteiger partial charge in [0.2, 0.25) is 0 Å². The number of ketones is 1. The molecule has 1 saturated heterocycles. The fourth-order valence-corrected chi connectivity index (χ4v) is 5.07. The first-order chi connectivity index (χ1) is 17.9. The van der Waals surface area contributed by atoms with Gasteiger partial charge in [-0.2, -0.15) is 0 Å². The smallest absolute Gasteiger partial charge is 0.295 e. The van der Waals surface area contributed by atoms with E-state index in [2.05, 4.69) is 20.8 Å². The van der Waals surface area contributed by atoms with E-state index in [-0.39, 0.29) is 29.1 Å². The molecule has 1 heterocycles. The molecule has 6 heteroatoms. The van der Waals surface area contributed by atoms with Gasteiger partial charge < -0.3 is 14.7 Å². The number of methoxy groups -OCH3 is 1. The van der Waals surface area contributed by atoms with Crippen molar-refractivity contribution in [3.8, 4) is 5.75 Å². The van der Waals surface area contributed by atoms with Gasteiger partial charge in [0.1, 0.15) is 17.3 Å². The van der Waals surface area contributed by atoms with E-state index in [4.69, 9.17) is 4.74 Å². The summed E-state index contributed by atoms with van der Waals surface area (Å²) in [5.74, 6) is -1.57. The summed E-state index contributed by atoms with van der Waals surface area (Å²) in [6.45, 7) is 10.3. The van der Waals surface area contributed by atoms with Gasteiger partial charge >= 0.3 is 0 Å². The van der Waals surface area contributed by atoms with Crippen LogP contribution >= 0.6 is 0 Å². The summed E-state index contributed by atoms with van der Waals surface area (Å²) in [4.78, 5) is 28.3. The number of hydrogen-bond acceptors (Lipinski definition) is 4. The molecule has 1 aliphatic heterocycles. The molecule has 198 valence electrons. The number of amides is 1. The molecule has 1 aliphatic rings. The molecule has 1 atom stereocenters. The van der Waals surface area contributed by atoms with Gasteiger partial charge in [0, 0.05) is 6.54 Å². The number of carbonyl (C=O) groups excluding carboxylic acids is 2. The quantitative estimate of drug-likeness (QED) is 0.234. The van der Waals surface area contributed by atoms with Crippen LogP contribution < -0.4 is 4.74 Å². The molecule has 4 rings (SSSR count). The fraction of sp³-hybridized carbons (Fsp3) is 0.312. The molecule has 5 nitrogen and oxygen atoms in total. The van der Waals surface area contributed by atoms with Crippen molar-refractivity contribution in [1.82, 2.24) is 4.90 Å². The van der Waals surface area contributed by atoms with Crippen LogP contribution in [0, 0.1) is 19.7 Å². The summed E-state index contributed by atoms with van der Waals surface area (Å²) < 4.78 is 19.0. The third-order valence-electron chi connectivity index (χ3n) is 7.07. The van der Waals surface area contributed by atoms with Crippen molar-refractivity contribution < 1.29 is 23.8 Å². The van der Waals surface area contributed by atoms with E-state index in [0.29, 0.717) is 17.7 Å². The lowest BCUT2D eigenvalue weighted by molar-refractivity contribution is -0.139. The highest BCUT2D eigenvalue weighted by Crippen LogP contribution is 2.42. The van der Waals surface area contributed by atoms with E-state index in [1.54, 1.807) is 18.2 Å². The van der Waals surface area contributed by atoms with Crippen LogP contribution in [0.3, 0.4) is 0 Å². The van der Waals surface area contributed by atoms with E-state index in [0.717, 1.165) is 27.8 Å². The number of Topliss-reactive ketones (excluding diaryl/α,β-unsaturated/α-hetero) is 1. The van der Waals surface area contributed by atoms with E-state index < -0.39 is 17.7 Å². The Hall–Kier alpha value is -3.93. The van der Waals surface area contributed by atoms with E-state index in [1.807, 2.05) is 44.2 Å². The zero-order chi connectivity index (χ0) is 27.8. The van der Waals surface area contributed by atoms with Gasteiger partial charge in [-0.25, -0.2) is 4.39 Å². The summed E-state index contributed by atoms with van der Waals surface area (Å²) in [5.41, 5.74) is 4.70. The molecule has 38 heavy (non-hydrogen) atoms. The first-order valence-corrected chi connectivity index (χ1v) is 12.7. The number of nitrogens with zero attached hydrogens (tertiary/aromatic N) is 1. The molecule has 3 aromatic carbocycles. The summed E-state index contributed by atoms with van der Waals surface area (Å²) in [6.07, 6.45) is 0.427. The maximum absolute atomic E-state index is 13.5. The Balaban J connectivity index is 1.85. The van der Waals surface area contributed by atoms with Crippen molar-refractivity contribution in [3.05, 3.63) is 105 Å². The molecule has 1 N–H and O–H groups in total. The van der Waals surface area contributed by atoms with Crippen molar-refractivity contribution in [2.45, 2.75) is 52.5 Å². The Labute approximate surface area is 223 Å². The van der Waals surface area contributed by atoms with Crippen LogP contribution in [-0.4, -0.2) is 35.4 Å². The first kappa shape index (κ1) is 27.1. The maximum atomic E-state index is 13.5. The van der Waals surface area contributed by atoms with Crippen molar-refractivity contribution in [1.29, 1.82) is 0 Å². The first-order valence-electron chi connectivity index (χ1n) is 12.7. The van der Waals surface area contributed by atoms with Crippen LogP contribution in [0.5, 0.6) is 5.75 Å². The second-order valence-electron chi connectivity index (χ2n) is 10.9. The van der Waals surface area contributed by atoms with E-state index in [1.165, 1.54) is 24.1 Å². The minimum absolute atomic E-state index is 0.0286. The van der Waals surface area contributed by atoms with Crippen LogP contribution in [0.25, 0.3) is 5.76 Å². The lowest BCUT2D eigenvalue weighted by Gasteiger charge is -2.27. The Morgan fingerprint density at radius 2 is 1.63 bits per heavy atom. The topological polar surface area (TPSA) is 66.8 Å². The number of hydrogen-bond donors (Lipinski definition) is 1. The fourth-order valence-electron chi connectivity index (χ4n) is 5.07. The van der Waals surface area contributed by atoms with Gasteiger partial charge in [0.05, 0.1) is 24.3 Å². The average molecular weight is 516 g/mol. The third-order valence-corrected chi connectivity index (χ3v) is 7.07. The minimum Gasteiger partial charge on any atom is -0.507 e. The van der Waals surface area contributed by atoms with E-state index in [9.17, 15) is 19.1 Å².